The van der Waals surface area contributed by atoms with Crippen LogP contribution in [0.4, 0.5) is 20.2 Å². The van der Waals surface area contributed by atoms with E-state index >= 15 is 0 Å². The number of halogens is 3. The van der Waals surface area contributed by atoms with E-state index in [1.807, 2.05) is 9.80 Å². The van der Waals surface area contributed by atoms with Crippen LogP contribution in [0, 0.1) is 11.6 Å². The molecule has 3 saturated heterocycles. The first-order valence-electron chi connectivity index (χ1n) is 8.81. The van der Waals surface area contributed by atoms with Crippen molar-refractivity contribution in [3.63, 3.8) is 0 Å². The van der Waals surface area contributed by atoms with E-state index in [4.69, 9.17) is 11.6 Å². The van der Waals surface area contributed by atoms with Gasteiger partial charge in [-0.3, -0.25) is 14.5 Å². The number of hydrogen-bond acceptors (Lipinski definition) is 5. The Morgan fingerprint density at radius 3 is 2.71 bits per heavy atom. The highest BCUT2D eigenvalue weighted by Gasteiger charge is 2.45. The SMILES string of the molecule is Cn1ncc(N2CC3CC(C2)N3CC(=O)Nc2ccc(F)cc2F)c(Cl)c1=O. The molecule has 148 valence electrons. The predicted octanol–water partition coefficient (Wildman–Crippen LogP) is 1.61. The highest BCUT2D eigenvalue weighted by Crippen LogP contribution is 2.35. The first-order chi connectivity index (χ1) is 13.3. The van der Waals surface area contributed by atoms with Crippen molar-refractivity contribution in [1.29, 1.82) is 0 Å². The van der Waals surface area contributed by atoms with Crippen molar-refractivity contribution in [3.8, 4) is 0 Å². The third-order valence-corrected chi connectivity index (χ3v) is 5.63. The molecule has 2 aromatic rings. The summed E-state index contributed by atoms with van der Waals surface area (Å²) < 4.78 is 27.8. The zero-order valence-electron chi connectivity index (χ0n) is 15.0. The summed E-state index contributed by atoms with van der Waals surface area (Å²) in [5, 5.41) is 6.64. The van der Waals surface area contributed by atoms with Crippen LogP contribution in [0.1, 0.15) is 6.42 Å². The van der Waals surface area contributed by atoms with Crippen molar-refractivity contribution in [1.82, 2.24) is 14.7 Å². The molecular formula is C18H18ClF2N5O2. The number of rotatable bonds is 4. The largest absolute Gasteiger partial charge is 0.366 e. The number of fused-ring (bicyclic) bond motifs is 2. The number of carbonyl (C=O) groups is 1. The van der Waals surface area contributed by atoms with Crippen LogP contribution in [0.5, 0.6) is 0 Å². The fraction of sp³-hybridized carbons (Fsp3) is 0.389. The first kappa shape index (κ1) is 18.8. The molecule has 3 aliphatic heterocycles. The number of amides is 1. The number of nitrogens with one attached hydrogen (secondary N) is 1. The lowest BCUT2D eigenvalue weighted by Crippen LogP contribution is -2.69. The van der Waals surface area contributed by atoms with E-state index < -0.39 is 11.6 Å². The molecule has 0 saturated carbocycles. The molecule has 4 heterocycles. The molecule has 3 fully saturated rings. The Hall–Kier alpha value is -2.52. The van der Waals surface area contributed by atoms with Gasteiger partial charge in [0.2, 0.25) is 5.91 Å². The predicted molar refractivity (Wildman–Crippen MR) is 101 cm³/mol. The number of piperidine rings is 1. The van der Waals surface area contributed by atoms with Crippen LogP contribution in [0.2, 0.25) is 5.02 Å². The molecule has 3 aliphatic rings. The van der Waals surface area contributed by atoms with Gasteiger partial charge in [-0.25, -0.2) is 13.5 Å². The Balaban J connectivity index is 1.39. The fourth-order valence-corrected chi connectivity index (χ4v) is 4.10. The van der Waals surface area contributed by atoms with Gasteiger partial charge in [-0.05, 0) is 18.6 Å². The zero-order valence-corrected chi connectivity index (χ0v) is 15.8. The molecule has 7 nitrogen and oxygen atoms in total. The third-order valence-electron chi connectivity index (χ3n) is 5.28. The average molecular weight is 410 g/mol. The van der Waals surface area contributed by atoms with E-state index in [0.29, 0.717) is 18.8 Å². The van der Waals surface area contributed by atoms with E-state index in [0.717, 1.165) is 18.6 Å². The van der Waals surface area contributed by atoms with E-state index in [1.165, 1.54) is 17.8 Å². The minimum Gasteiger partial charge on any atom is -0.366 e. The molecule has 5 rings (SSSR count). The summed E-state index contributed by atoms with van der Waals surface area (Å²) in [4.78, 5) is 28.3. The number of hydrogen-bond donors (Lipinski definition) is 1. The monoisotopic (exact) mass is 409 g/mol. The second kappa shape index (κ2) is 7.14. The molecule has 1 aromatic heterocycles. The van der Waals surface area contributed by atoms with Crippen LogP contribution >= 0.6 is 11.6 Å². The highest BCUT2D eigenvalue weighted by atomic mass is 35.5. The van der Waals surface area contributed by atoms with Gasteiger partial charge in [0.25, 0.3) is 5.56 Å². The smallest absolute Gasteiger partial charge is 0.287 e. The Labute approximate surface area is 164 Å². The van der Waals surface area contributed by atoms with Crippen molar-refractivity contribution < 1.29 is 13.6 Å². The maximum absolute atomic E-state index is 13.7. The molecule has 0 spiro atoms. The van der Waals surface area contributed by atoms with Gasteiger partial charge < -0.3 is 10.2 Å². The summed E-state index contributed by atoms with van der Waals surface area (Å²) in [5.41, 5.74) is 0.199. The Bertz CT molecular complexity index is 986. The number of carbonyl (C=O) groups excluding carboxylic acids is 1. The van der Waals surface area contributed by atoms with Gasteiger partial charge in [0.05, 0.1) is 24.1 Å². The molecule has 0 aliphatic carbocycles. The van der Waals surface area contributed by atoms with E-state index in [1.54, 1.807) is 6.20 Å². The Kier molecular flexibility index (Phi) is 4.80. The summed E-state index contributed by atoms with van der Waals surface area (Å²) in [6, 6.07) is 3.28. The quantitative estimate of drug-likeness (QED) is 0.831. The number of piperazine rings is 1. The van der Waals surface area contributed by atoms with Crippen molar-refractivity contribution in [3.05, 3.63) is 51.4 Å². The van der Waals surface area contributed by atoms with Crippen LogP contribution < -0.4 is 15.8 Å². The minimum atomic E-state index is -0.809. The molecule has 10 heteroatoms. The maximum Gasteiger partial charge on any atom is 0.287 e. The third kappa shape index (κ3) is 3.35. The topological polar surface area (TPSA) is 70.5 Å². The van der Waals surface area contributed by atoms with Gasteiger partial charge in [-0.1, -0.05) is 11.6 Å². The summed E-state index contributed by atoms with van der Waals surface area (Å²) in [6.07, 6.45) is 2.51. The summed E-state index contributed by atoms with van der Waals surface area (Å²) in [7, 11) is 1.54. The lowest BCUT2D eigenvalue weighted by Gasteiger charge is -2.56. The normalized spacial score (nSPS) is 21.4. The van der Waals surface area contributed by atoms with Gasteiger partial charge in [-0.15, -0.1) is 0 Å². The highest BCUT2D eigenvalue weighted by molar-refractivity contribution is 6.33. The standard InChI is InChI=1S/C18H18ClF2N5O2/c1-24-18(28)17(19)15(6-22-24)25-7-11-5-12(8-25)26(11)9-16(27)23-14-3-2-10(20)4-13(14)21/h2-4,6,11-12H,5,7-9H2,1H3,(H,23,27). The average Bonchev–Trinajstić information content (AvgIpc) is 2.66. The lowest BCUT2D eigenvalue weighted by atomic mass is 9.87. The van der Waals surface area contributed by atoms with Gasteiger partial charge in [-0.2, -0.15) is 5.10 Å². The van der Waals surface area contributed by atoms with Crippen LogP contribution in [-0.4, -0.2) is 52.3 Å². The Morgan fingerprint density at radius 2 is 2.04 bits per heavy atom. The molecule has 1 amide bonds. The lowest BCUT2D eigenvalue weighted by molar-refractivity contribution is -0.121. The fourth-order valence-electron chi connectivity index (χ4n) is 3.81. The van der Waals surface area contributed by atoms with Crippen LogP contribution in [-0.2, 0) is 11.8 Å². The second-order valence-corrected chi connectivity index (χ2v) is 7.44. The Morgan fingerprint density at radius 1 is 1.32 bits per heavy atom. The van der Waals surface area contributed by atoms with Gasteiger partial charge in [0.1, 0.15) is 16.7 Å². The van der Waals surface area contributed by atoms with E-state index in [2.05, 4.69) is 10.4 Å². The van der Waals surface area contributed by atoms with Crippen molar-refractivity contribution in [2.75, 3.05) is 29.9 Å². The number of aromatic nitrogens is 2. The first-order valence-corrected chi connectivity index (χ1v) is 9.18. The van der Waals surface area contributed by atoms with Crippen LogP contribution in [0.3, 0.4) is 0 Å². The second-order valence-electron chi connectivity index (χ2n) is 7.07. The van der Waals surface area contributed by atoms with Crippen LogP contribution in [0.25, 0.3) is 0 Å². The van der Waals surface area contributed by atoms with E-state index in [9.17, 15) is 18.4 Å². The van der Waals surface area contributed by atoms with E-state index in [-0.39, 0.29) is 40.8 Å². The zero-order chi connectivity index (χ0) is 20.0. The summed E-state index contributed by atoms with van der Waals surface area (Å²) in [5.74, 6) is -1.87. The molecule has 2 atom stereocenters. The number of nitrogens with zero attached hydrogens (tertiary/aromatic N) is 4. The molecule has 1 N–H and O–H groups in total. The molecule has 0 radical (unpaired) electrons. The van der Waals surface area contributed by atoms with Gasteiger partial charge in [0, 0.05) is 38.3 Å². The van der Waals surface area contributed by atoms with Crippen molar-refractivity contribution in [2.24, 2.45) is 7.05 Å². The summed E-state index contributed by atoms with van der Waals surface area (Å²) in [6.45, 7) is 1.34. The van der Waals surface area contributed by atoms with Gasteiger partial charge in [0.15, 0.2) is 0 Å². The molecule has 28 heavy (non-hydrogen) atoms. The number of aryl methyl sites for hydroxylation is 1. The maximum atomic E-state index is 13.7. The van der Waals surface area contributed by atoms with Crippen LogP contribution in [0.15, 0.2) is 29.2 Å². The molecule has 1 aromatic carbocycles. The van der Waals surface area contributed by atoms with Crippen molar-refractivity contribution in [2.45, 2.75) is 18.5 Å². The summed E-state index contributed by atoms with van der Waals surface area (Å²) >= 11 is 6.18. The molecular weight excluding hydrogens is 392 g/mol. The molecule has 2 unspecified atom stereocenters. The number of benzene rings is 1. The molecule has 2 bridgehead atoms. The van der Waals surface area contributed by atoms with Gasteiger partial charge >= 0.3 is 0 Å². The minimum absolute atomic E-state index is 0.0447. The van der Waals surface area contributed by atoms with Crippen molar-refractivity contribution >= 4 is 28.9 Å². The number of anilines is 2.